The molecule has 4 nitrogen and oxygen atoms in total. The maximum atomic E-state index is 11.9. The molecule has 1 atom stereocenters. The lowest BCUT2D eigenvalue weighted by molar-refractivity contribution is -0.154. The summed E-state index contributed by atoms with van der Waals surface area (Å²) < 4.78 is 11.0. The predicted molar refractivity (Wildman–Crippen MR) is 150 cm³/mol. The molecule has 4 heteroatoms. The topological polar surface area (TPSA) is 55.8 Å². The van der Waals surface area contributed by atoms with Crippen LogP contribution in [0.2, 0.25) is 0 Å². The van der Waals surface area contributed by atoms with Crippen LogP contribution in [0.3, 0.4) is 0 Å². The standard InChI is InChI=1S/C31H54O4/c1-3-5-7-9-11-12-13-14-15-16-17-18-19-21-23-25-27-34-29-30(28-32)35-31(33)26-24-22-20-10-8-6-4-2/h5,7,11-12,14-15,17-18,30,32H,3-4,6,8-10,13,16,19-29H2,1-2H3/b7-5-,12-11-,15-14-,18-17-. The van der Waals surface area contributed by atoms with Crippen molar-refractivity contribution in [2.75, 3.05) is 19.8 Å². The molecule has 35 heavy (non-hydrogen) atoms. The van der Waals surface area contributed by atoms with Gasteiger partial charge in [-0.3, -0.25) is 4.79 Å². The summed E-state index contributed by atoms with van der Waals surface area (Å²) in [5.41, 5.74) is 0. The number of carbonyl (C=O) groups excluding carboxylic acids is 1. The van der Waals surface area contributed by atoms with E-state index in [1.807, 2.05) is 0 Å². The predicted octanol–water partition coefficient (Wildman–Crippen LogP) is 8.41. The molecule has 0 aliphatic heterocycles. The summed E-state index contributed by atoms with van der Waals surface area (Å²) in [5.74, 6) is -0.223. The van der Waals surface area contributed by atoms with Crippen LogP contribution in [0.4, 0.5) is 0 Å². The number of carbonyl (C=O) groups is 1. The van der Waals surface area contributed by atoms with Gasteiger partial charge < -0.3 is 14.6 Å². The molecule has 0 saturated carbocycles. The molecule has 0 saturated heterocycles. The fourth-order valence-corrected chi connectivity index (χ4v) is 3.55. The fourth-order valence-electron chi connectivity index (χ4n) is 3.55. The number of ether oxygens (including phenoxy) is 2. The second-order valence-electron chi connectivity index (χ2n) is 9.09. The summed E-state index contributed by atoms with van der Waals surface area (Å²) in [4.78, 5) is 11.9. The summed E-state index contributed by atoms with van der Waals surface area (Å²) in [5, 5.41) is 9.44. The van der Waals surface area contributed by atoms with Gasteiger partial charge in [-0.2, -0.15) is 0 Å². The number of allylic oxidation sites excluding steroid dienone is 8. The van der Waals surface area contributed by atoms with E-state index in [2.05, 4.69) is 62.5 Å². The van der Waals surface area contributed by atoms with Crippen LogP contribution in [0.15, 0.2) is 48.6 Å². The molecule has 0 aliphatic carbocycles. The van der Waals surface area contributed by atoms with E-state index in [0.717, 1.165) is 64.2 Å². The SMILES string of the molecule is CC/C=C\C/C=C\C/C=C\C/C=C\CCCCCOCC(CO)OC(=O)CCCCCCCCC. The Morgan fingerprint density at radius 2 is 1.29 bits per heavy atom. The van der Waals surface area contributed by atoms with Crippen molar-refractivity contribution in [1.29, 1.82) is 0 Å². The van der Waals surface area contributed by atoms with Gasteiger partial charge in [0.2, 0.25) is 0 Å². The number of hydrogen-bond acceptors (Lipinski definition) is 4. The summed E-state index contributed by atoms with van der Waals surface area (Å²) in [6.07, 6.45) is 34.3. The molecule has 1 unspecified atom stereocenters. The Labute approximate surface area is 216 Å². The minimum atomic E-state index is -0.545. The van der Waals surface area contributed by atoms with E-state index in [-0.39, 0.29) is 19.2 Å². The Bertz CT molecular complexity index is 562. The van der Waals surface area contributed by atoms with E-state index in [1.165, 1.54) is 32.1 Å². The lowest BCUT2D eigenvalue weighted by atomic mass is 10.1. The largest absolute Gasteiger partial charge is 0.457 e. The second-order valence-corrected chi connectivity index (χ2v) is 9.09. The van der Waals surface area contributed by atoms with Crippen LogP contribution in [-0.4, -0.2) is 37.0 Å². The van der Waals surface area contributed by atoms with Gasteiger partial charge in [-0.1, -0.05) is 107 Å². The molecule has 0 aromatic carbocycles. The first-order valence-corrected chi connectivity index (χ1v) is 14.2. The number of esters is 1. The zero-order valence-corrected chi connectivity index (χ0v) is 22.8. The van der Waals surface area contributed by atoms with E-state index in [9.17, 15) is 9.90 Å². The molecule has 1 N–H and O–H groups in total. The average molecular weight is 491 g/mol. The Morgan fingerprint density at radius 1 is 0.714 bits per heavy atom. The number of rotatable bonds is 25. The van der Waals surface area contributed by atoms with E-state index in [1.54, 1.807) is 0 Å². The van der Waals surface area contributed by atoms with Crippen molar-refractivity contribution < 1.29 is 19.4 Å². The number of hydrogen-bond donors (Lipinski definition) is 1. The minimum absolute atomic E-state index is 0.186. The molecular formula is C31H54O4. The van der Waals surface area contributed by atoms with Crippen molar-refractivity contribution in [3.63, 3.8) is 0 Å². The van der Waals surface area contributed by atoms with Crippen LogP contribution in [0, 0.1) is 0 Å². The first kappa shape index (κ1) is 33.4. The molecule has 0 aromatic heterocycles. The highest BCUT2D eigenvalue weighted by Gasteiger charge is 2.13. The van der Waals surface area contributed by atoms with Gasteiger partial charge in [0.15, 0.2) is 0 Å². The molecule has 0 amide bonds. The molecule has 0 rings (SSSR count). The lowest BCUT2D eigenvalue weighted by Crippen LogP contribution is -2.27. The molecule has 0 fully saturated rings. The Balaban J connectivity index is 3.56. The van der Waals surface area contributed by atoms with Crippen LogP contribution in [0.25, 0.3) is 0 Å². The smallest absolute Gasteiger partial charge is 0.306 e. The highest BCUT2D eigenvalue weighted by molar-refractivity contribution is 5.69. The normalized spacial score (nSPS) is 13.1. The molecular weight excluding hydrogens is 436 g/mol. The minimum Gasteiger partial charge on any atom is -0.457 e. The van der Waals surface area contributed by atoms with Crippen LogP contribution in [0.5, 0.6) is 0 Å². The molecule has 0 bridgehead atoms. The third kappa shape index (κ3) is 26.8. The van der Waals surface area contributed by atoms with E-state index in [4.69, 9.17) is 9.47 Å². The lowest BCUT2D eigenvalue weighted by Gasteiger charge is -2.15. The number of aliphatic hydroxyl groups excluding tert-OH is 1. The summed E-state index contributed by atoms with van der Waals surface area (Å²) in [6, 6.07) is 0. The third-order valence-corrected chi connectivity index (χ3v) is 5.67. The van der Waals surface area contributed by atoms with Gasteiger partial charge >= 0.3 is 5.97 Å². The second kappa shape index (κ2) is 28.6. The highest BCUT2D eigenvalue weighted by Crippen LogP contribution is 2.10. The molecule has 0 aliphatic rings. The summed E-state index contributed by atoms with van der Waals surface area (Å²) in [7, 11) is 0. The van der Waals surface area contributed by atoms with Gasteiger partial charge in [0.1, 0.15) is 6.10 Å². The molecule has 0 aromatic rings. The maximum absolute atomic E-state index is 11.9. The van der Waals surface area contributed by atoms with E-state index in [0.29, 0.717) is 13.0 Å². The zero-order valence-electron chi connectivity index (χ0n) is 22.8. The van der Waals surface area contributed by atoms with Crippen molar-refractivity contribution in [3.05, 3.63) is 48.6 Å². The van der Waals surface area contributed by atoms with Crippen molar-refractivity contribution in [2.45, 2.75) is 123 Å². The molecule has 0 heterocycles. The summed E-state index contributed by atoms with van der Waals surface area (Å²) >= 11 is 0. The Hall–Kier alpha value is -1.65. The van der Waals surface area contributed by atoms with Gasteiger partial charge in [0.25, 0.3) is 0 Å². The van der Waals surface area contributed by atoms with E-state index < -0.39 is 6.10 Å². The van der Waals surface area contributed by atoms with Crippen molar-refractivity contribution in [1.82, 2.24) is 0 Å². The van der Waals surface area contributed by atoms with Crippen LogP contribution >= 0.6 is 0 Å². The van der Waals surface area contributed by atoms with Gasteiger partial charge in [-0.05, 0) is 51.4 Å². The Kier molecular flexibility index (Phi) is 27.2. The monoisotopic (exact) mass is 490 g/mol. The molecule has 0 spiro atoms. The van der Waals surface area contributed by atoms with Crippen LogP contribution < -0.4 is 0 Å². The van der Waals surface area contributed by atoms with Gasteiger partial charge in [0.05, 0.1) is 13.2 Å². The summed E-state index contributed by atoms with van der Waals surface area (Å²) in [6.45, 7) is 5.09. The van der Waals surface area contributed by atoms with Crippen molar-refractivity contribution in [3.8, 4) is 0 Å². The maximum Gasteiger partial charge on any atom is 0.306 e. The van der Waals surface area contributed by atoms with Gasteiger partial charge in [0, 0.05) is 13.0 Å². The van der Waals surface area contributed by atoms with Gasteiger partial charge in [-0.25, -0.2) is 0 Å². The average Bonchev–Trinajstić information content (AvgIpc) is 2.86. The first-order chi connectivity index (χ1) is 17.2. The van der Waals surface area contributed by atoms with Crippen LogP contribution in [0.1, 0.15) is 117 Å². The van der Waals surface area contributed by atoms with E-state index >= 15 is 0 Å². The molecule has 0 radical (unpaired) electrons. The molecule has 202 valence electrons. The third-order valence-electron chi connectivity index (χ3n) is 5.67. The van der Waals surface area contributed by atoms with Crippen LogP contribution in [-0.2, 0) is 14.3 Å². The fraction of sp³-hybridized carbons (Fsp3) is 0.710. The number of aliphatic hydroxyl groups is 1. The highest BCUT2D eigenvalue weighted by atomic mass is 16.6. The first-order valence-electron chi connectivity index (χ1n) is 14.2. The van der Waals surface area contributed by atoms with Gasteiger partial charge in [-0.15, -0.1) is 0 Å². The zero-order chi connectivity index (χ0) is 25.7. The number of unbranched alkanes of at least 4 members (excludes halogenated alkanes) is 9. The quantitative estimate of drug-likeness (QED) is 0.0792. The Morgan fingerprint density at radius 3 is 1.91 bits per heavy atom. The van der Waals surface area contributed by atoms with Crippen molar-refractivity contribution >= 4 is 5.97 Å². The van der Waals surface area contributed by atoms with Crippen molar-refractivity contribution in [2.24, 2.45) is 0 Å².